The van der Waals surface area contributed by atoms with Gasteiger partial charge in [-0.15, -0.1) is 0 Å². The molecule has 70 valence electrons. The Morgan fingerprint density at radius 2 is 1.58 bits per heavy atom. The van der Waals surface area contributed by atoms with Gasteiger partial charge in [0.1, 0.15) is 0 Å². The summed E-state index contributed by atoms with van der Waals surface area (Å²) in [5.41, 5.74) is 0. The van der Waals surface area contributed by atoms with E-state index in [1.807, 2.05) is 0 Å². The molecule has 0 spiro atoms. The molecule has 0 rings (SSSR count). The van der Waals surface area contributed by atoms with Crippen LogP contribution in [0.4, 0.5) is 0 Å². The van der Waals surface area contributed by atoms with Gasteiger partial charge in [0.05, 0.1) is 0 Å². The van der Waals surface area contributed by atoms with Crippen molar-refractivity contribution < 1.29 is 97.3 Å². The Morgan fingerprint density at radius 1 is 1.25 bits per heavy atom. The van der Waals surface area contributed by atoms with Gasteiger partial charge in [0.25, 0.3) is 0 Å². The van der Waals surface area contributed by atoms with Crippen LogP contribution in [0, 0.1) is 12.3 Å². The van der Waals surface area contributed by atoms with Crippen LogP contribution in [0.25, 0.3) is 0 Å². The molecule has 1 nitrogen and oxygen atoms in total. The van der Waals surface area contributed by atoms with E-state index in [9.17, 15) is 0 Å². The van der Waals surface area contributed by atoms with E-state index in [4.69, 9.17) is 5.11 Å². The molecule has 0 saturated carbocycles. The molecule has 0 unspecified atom stereocenters. The summed E-state index contributed by atoms with van der Waals surface area (Å²) in [7, 11) is 0. The Morgan fingerprint density at radius 3 is 1.67 bits per heavy atom. The zero-order valence-corrected chi connectivity index (χ0v) is 21.3. The predicted octanol–water partition coefficient (Wildman–Crippen LogP) is 0.608. The molecular formula is C6H9OW5-. The SMILES string of the molecule is CC(C)[CH-][C](=[W])[C](O)=[W].[W].[W]=[W]. The summed E-state index contributed by atoms with van der Waals surface area (Å²) in [5, 5.41) is 8.98. The molecule has 0 aliphatic carbocycles. The van der Waals surface area contributed by atoms with Crippen molar-refractivity contribution in [1.29, 1.82) is 0 Å². The van der Waals surface area contributed by atoms with Gasteiger partial charge in [0.15, 0.2) is 0 Å². The summed E-state index contributed by atoms with van der Waals surface area (Å²) >= 11 is 5.85. The molecule has 0 aromatic carbocycles. The van der Waals surface area contributed by atoms with Crippen molar-refractivity contribution in [3.8, 4) is 0 Å². The quantitative estimate of drug-likeness (QED) is 0.412. The molecular weight excluding hydrogens is 1010 g/mol. The van der Waals surface area contributed by atoms with Crippen molar-refractivity contribution >= 4 is 7.98 Å². The number of hydrogen-bond acceptors (Lipinski definition) is 1. The molecule has 1 N–H and O–H groups in total. The van der Waals surface area contributed by atoms with Crippen molar-refractivity contribution in [3.05, 3.63) is 6.42 Å². The Labute approximate surface area is 129 Å². The zero-order valence-electron chi connectivity index (χ0n) is 6.64. The number of aliphatic hydroxyl groups is 1. The third-order valence-corrected chi connectivity index (χ3v) is 4.69. The van der Waals surface area contributed by atoms with Crippen molar-refractivity contribution in [2.45, 2.75) is 13.8 Å². The summed E-state index contributed by atoms with van der Waals surface area (Å²) in [6, 6.07) is 0. The van der Waals surface area contributed by atoms with Gasteiger partial charge in [-0.05, 0) is 0 Å². The van der Waals surface area contributed by atoms with Gasteiger partial charge in [-0.2, -0.15) is 0 Å². The van der Waals surface area contributed by atoms with Gasteiger partial charge < -0.3 is 0 Å². The third kappa shape index (κ3) is 15.6. The fourth-order valence-corrected chi connectivity index (χ4v) is 1.60. The van der Waals surface area contributed by atoms with Gasteiger partial charge in [-0.3, -0.25) is 0 Å². The molecule has 0 heterocycles. The fourth-order valence-electron chi connectivity index (χ4n) is 0.374. The van der Waals surface area contributed by atoms with E-state index in [2.05, 4.69) is 20.3 Å². The summed E-state index contributed by atoms with van der Waals surface area (Å²) in [4.78, 5) is 0. The molecule has 12 heavy (non-hydrogen) atoms. The molecule has 0 saturated heterocycles. The molecule has 0 atom stereocenters. The minimum absolute atomic E-state index is 0. The molecule has 0 fully saturated rings. The average molecular weight is 1020 g/mol. The molecule has 0 aromatic heterocycles. The third-order valence-electron chi connectivity index (χ3n) is 0.695. The van der Waals surface area contributed by atoms with E-state index in [0.717, 1.165) is 23.3 Å². The number of hydrogen-bond donors (Lipinski definition) is 1. The van der Waals surface area contributed by atoms with Crippen LogP contribution in [0.1, 0.15) is 13.8 Å². The maximum atomic E-state index is 8.98. The first kappa shape index (κ1) is 20.5. The second kappa shape index (κ2) is 14.1. The van der Waals surface area contributed by atoms with E-state index >= 15 is 0 Å². The number of rotatable bonds is 3. The maximum absolute atomic E-state index is 8.98. The Bertz CT molecular complexity index is 145. The zero-order chi connectivity index (χ0) is 9.44. The molecule has 0 aliphatic rings. The first-order chi connectivity index (χ1) is 5.04. The normalized spacial score (nSPS) is 7.67. The summed E-state index contributed by atoms with van der Waals surface area (Å²) in [5.74, 6) is 0.555. The van der Waals surface area contributed by atoms with E-state index in [1.54, 1.807) is 32.4 Å². The van der Waals surface area contributed by atoms with Crippen LogP contribution < -0.4 is 0 Å². The molecule has 6 heteroatoms. The molecule has 0 bridgehead atoms. The van der Waals surface area contributed by atoms with Gasteiger partial charge in [0.2, 0.25) is 0 Å². The van der Waals surface area contributed by atoms with Gasteiger partial charge in [-0.25, -0.2) is 0 Å². The van der Waals surface area contributed by atoms with Crippen LogP contribution in [0.3, 0.4) is 0 Å². The van der Waals surface area contributed by atoms with E-state index in [-0.39, 0.29) is 21.1 Å². The van der Waals surface area contributed by atoms with Crippen LogP contribution in [-0.4, -0.2) is 13.1 Å². The Balaban J connectivity index is -0.000000249. The fraction of sp³-hybridized carbons (Fsp3) is 0.500. The molecule has 0 radical (unpaired) electrons. The standard InChI is InChI=1S/C6H9O.5W/c1-6(2)4-3-5-7;;;;;/h4,6-7H,1-2H3;;;;;/q-1;;;;;. The van der Waals surface area contributed by atoms with Crippen LogP contribution in [0.2, 0.25) is 0 Å². The van der Waals surface area contributed by atoms with Gasteiger partial charge in [-0.1, -0.05) is 0 Å². The van der Waals surface area contributed by atoms with Crippen molar-refractivity contribution in [2.24, 2.45) is 5.92 Å². The first-order valence-corrected chi connectivity index (χ1v) is 16.8. The summed E-state index contributed by atoms with van der Waals surface area (Å²) < 4.78 is 1.64. The molecule has 0 aliphatic heterocycles. The van der Waals surface area contributed by atoms with E-state index in [1.165, 1.54) is 19.4 Å². The van der Waals surface area contributed by atoms with Crippen LogP contribution in [0.5, 0.6) is 0 Å². The van der Waals surface area contributed by atoms with Gasteiger partial charge >= 0.3 is 110 Å². The van der Waals surface area contributed by atoms with Crippen molar-refractivity contribution in [2.75, 3.05) is 0 Å². The van der Waals surface area contributed by atoms with E-state index < -0.39 is 0 Å². The molecule has 0 aromatic rings. The van der Waals surface area contributed by atoms with Crippen LogP contribution in [-0.2, 0) is 92.2 Å². The summed E-state index contributed by atoms with van der Waals surface area (Å²) in [6.45, 7) is 4.22. The van der Waals surface area contributed by atoms with Gasteiger partial charge in [0, 0.05) is 21.1 Å². The topological polar surface area (TPSA) is 20.2 Å². The first-order valence-electron chi connectivity index (χ1n) is 2.83. The Hall–Kier alpha value is 3.14. The van der Waals surface area contributed by atoms with E-state index in [0.29, 0.717) is 10.0 Å². The second-order valence-electron chi connectivity index (χ2n) is 2.08. The summed E-state index contributed by atoms with van der Waals surface area (Å²) in [6.07, 6.45) is 2.09. The van der Waals surface area contributed by atoms with Crippen LogP contribution in [0.15, 0.2) is 0 Å². The Kier molecular flexibility index (Phi) is 24.2. The molecule has 0 amide bonds. The average Bonchev–Trinajstić information content (AvgIpc) is 1.90. The van der Waals surface area contributed by atoms with Crippen molar-refractivity contribution in [1.82, 2.24) is 0 Å². The second-order valence-corrected chi connectivity index (χ2v) is 5.05. The monoisotopic (exact) mass is 1020 g/mol. The van der Waals surface area contributed by atoms with Crippen LogP contribution >= 0.6 is 0 Å². The minimum atomic E-state index is 0. The predicted molar refractivity (Wildman–Crippen MR) is 31.1 cm³/mol. The van der Waals surface area contributed by atoms with Crippen molar-refractivity contribution in [3.63, 3.8) is 0 Å². The number of aliphatic hydroxyl groups excluding tert-OH is 1.